The molecule has 3 nitrogen and oxygen atoms in total. The highest BCUT2D eigenvalue weighted by molar-refractivity contribution is 7.17. The van der Waals surface area contributed by atoms with Gasteiger partial charge in [-0.3, -0.25) is 9.69 Å². The number of rotatable bonds is 4. The van der Waals surface area contributed by atoms with E-state index >= 15 is 0 Å². The van der Waals surface area contributed by atoms with Crippen LogP contribution in [0.5, 0.6) is 0 Å². The SMILES string of the molecule is CC(C)(C)OC(=O)[C@H]1C(c2csc3ccccc23)N1Cc1ccccc1. The van der Waals surface area contributed by atoms with Crippen molar-refractivity contribution in [2.75, 3.05) is 0 Å². The molecular formula is C22H23NO2S. The van der Waals surface area contributed by atoms with E-state index in [1.165, 1.54) is 21.2 Å². The molecular weight excluding hydrogens is 342 g/mol. The second-order valence-electron chi connectivity index (χ2n) is 7.77. The Hall–Kier alpha value is -2.17. The van der Waals surface area contributed by atoms with Crippen molar-refractivity contribution >= 4 is 27.4 Å². The summed E-state index contributed by atoms with van der Waals surface area (Å²) < 4.78 is 6.95. The fraction of sp³-hybridized carbons (Fsp3) is 0.318. The molecule has 0 aliphatic carbocycles. The normalized spacial score (nSPS) is 22.3. The van der Waals surface area contributed by atoms with Gasteiger partial charge in [-0.1, -0.05) is 48.5 Å². The van der Waals surface area contributed by atoms with E-state index in [2.05, 4.69) is 46.7 Å². The summed E-state index contributed by atoms with van der Waals surface area (Å²) in [6.07, 6.45) is 0. The Morgan fingerprint density at radius 3 is 2.50 bits per heavy atom. The number of nitrogens with zero attached hydrogens (tertiary/aromatic N) is 1. The van der Waals surface area contributed by atoms with Crippen LogP contribution in [0.25, 0.3) is 10.1 Å². The van der Waals surface area contributed by atoms with E-state index in [0.717, 1.165) is 6.54 Å². The molecule has 2 aromatic carbocycles. The summed E-state index contributed by atoms with van der Waals surface area (Å²) in [7, 11) is 0. The third-order valence-electron chi connectivity index (χ3n) is 4.61. The van der Waals surface area contributed by atoms with Crippen molar-refractivity contribution in [1.82, 2.24) is 4.90 Å². The summed E-state index contributed by atoms with van der Waals surface area (Å²) in [5, 5.41) is 3.43. The summed E-state index contributed by atoms with van der Waals surface area (Å²) in [6, 6.07) is 18.6. The lowest BCUT2D eigenvalue weighted by molar-refractivity contribution is -0.155. The molecule has 4 rings (SSSR count). The van der Waals surface area contributed by atoms with Crippen molar-refractivity contribution in [1.29, 1.82) is 0 Å². The fourth-order valence-electron chi connectivity index (χ4n) is 3.47. The van der Waals surface area contributed by atoms with Gasteiger partial charge in [0.2, 0.25) is 0 Å². The maximum Gasteiger partial charge on any atom is 0.325 e. The number of hydrogen-bond donors (Lipinski definition) is 0. The Morgan fingerprint density at radius 2 is 1.77 bits per heavy atom. The van der Waals surface area contributed by atoms with E-state index in [1.807, 2.05) is 39.0 Å². The van der Waals surface area contributed by atoms with E-state index in [1.54, 1.807) is 11.3 Å². The largest absolute Gasteiger partial charge is 0.459 e. The lowest BCUT2D eigenvalue weighted by atomic mass is 10.1. The van der Waals surface area contributed by atoms with Crippen LogP contribution in [0, 0.1) is 0 Å². The molecule has 0 saturated carbocycles. The second kappa shape index (κ2) is 6.53. The zero-order valence-electron chi connectivity index (χ0n) is 15.3. The number of esters is 1. The maximum absolute atomic E-state index is 12.8. The molecule has 0 N–H and O–H groups in total. The summed E-state index contributed by atoms with van der Waals surface area (Å²) >= 11 is 1.74. The van der Waals surface area contributed by atoms with Gasteiger partial charge >= 0.3 is 5.97 Å². The molecule has 134 valence electrons. The average molecular weight is 365 g/mol. The first kappa shape index (κ1) is 17.3. The zero-order valence-corrected chi connectivity index (χ0v) is 16.1. The number of thiophene rings is 1. The van der Waals surface area contributed by atoms with Gasteiger partial charge in [-0.25, -0.2) is 0 Å². The van der Waals surface area contributed by atoms with E-state index in [-0.39, 0.29) is 18.1 Å². The van der Waals surface area contributed by atoms with E-state index in [4.69, 9.17) is 4.74 Å². The highest BCUT2D eigenvalue weighted by Crippen LogP contribution is 2.49. The predicted molar refractivity (Wildman–Crippen MR) is 106 cm³/mol. The van der Waals surface area contributed by atoms with Gasteiger partial charge in [0.1, 0.15) is 11.6 Å². The van der Waals surface area contributed by atoms with Crippen LogP contribution in [0.4, 0.5) is 0 Å². The molecule has 0 bridgehead atoms. The van der Waals surface area contributed by atoms with Crippen molar-refractivity contribution in [2.45, 2.75) is 45.0 Å². The van der Waals surface area contributed by atoms with Crippen LogP contribution in [0.3, 0.4) is 0 Å². The van der Waals surface area contributed by atoms with Crippen LogP contribution < -0.4 is 0 Å². The number of hydrogen-bond acceptors (Lipinski definition) is 4. The minimum absolute atomic E-state index is 0.0845. The van der Waals surface area contributed by atoms with Crippen LogP contribution in [-0.2, 0) is 16.1 Å². The quantitative estimate of drug-likeness (QED) is 0.472. The highest BCUT2D eigenvalue weighted by atomic mass is 32.1. The highest BCUT2D eigenvalue weighted by Gasteiger charge is 2.55. The van der Waals surface area contributed by atoms with Gasteiger partial charge in [-0.15, -0.1) is 11.3 Å². The summed E-state index contributed by atoms with van der Waals surface area (Å²) in [5.41, 5.74) is 1.97. The summed E-state index contributed by atoms with van der Waals surface area (Å²) in [5.74, 6) is -0.131. The Morgan fingerprint density at radius 1 is 1.08 bits per heavy atom. The van der Waals surface area contributed by atoms with Gasteiger partial charge in [0, 0.05) is 11.2 Å². The molecule has 2 unspecified atom stereocenters. The van der Waals surface area contributed by atoms with Gasteiger partial charge in [0.15, 0.2) is 0 Å². The molecule has 2 heterocycles. The lowest BCUT2D eigenvalue weighted by Crippen LogP contribution is -2.28. The molecule has 0 spiro atoms. The molecule has 26 heavy (non-hydrogen) atoms. The van der Waals surface area contributed by atoms with Crippen molar-refractivity contribution < 1.29 is 9.53 Å². The summed E-state index contributed by atoms with van der Waals surface area (Å²) in [6.45, 7) is 6.51. The first-order valence-electron chi connectivity index (χ1n) is 8.93. The van der Waals surface area contributed by atoms with Crippen LogP contribution in [-0.4, -0.2) is 22.5 Å². The van der Waals surface area contributed by atoms with E-state index in [9.17, 15) is 4.79 Å². The molecule has 4 heteroatoms. The molecule has 0 amide bonds. The zero-order chi connectivity index (χ0) is 18.3. The van der Waals surface area contributed by atoms with Gasteiger partial charge in [-0.2, -0.15) is 0 Å². The standard InChI is InChI=1S/C22H23NO2S/c1-22(2,3)25-21(24)20-19(23(20)13-15-9-5-4-6-10-15)17-14-26-18-12-8-7-11-16(17)18/h4-12,14,19-20H,13H2,1-3H3/t19?,20-,23?/m1/s1. The third-order valence-corrected chi connectivity index (χ3v) is 5.59. The molecule has 1 saturated heterocycles. The van der Waals surface area contributed by atoms with Crippen molar-refractivity contribution in [3.8, 4) is 0 Å². The van der Waals surface area contributed by atoms with Crippen LogP contribution in [0.2, 0.25) is 0 Å². The minimum atomic E-state index is -0.473. The first-order chi connectivity index (χ1) is 12.4. The van der Waals surface area contributed by atoms with Crippen molar-refractivity contribution in [3.05, 3.63) is 71.1 Å². The van der Waals surface area contributed by atoms with Crippen LogP contribution >= 0.6 is 11.3 Å². The lowest BCUT2D eigenvalue weighted by Gasteiger charge is -2.19. The topological polar surface area (TPSA) is 29.3 Å². The molecule has 0 radical (unpaired) electrons. The molecule has 3 aromatic rings. The van der Waals surface area contributed by atoms with Gasteiger partial charge in [-0.05, 0) is 48.7 Å². The van der Waals surface area contributed by atoms with Gasteiger partial charge < -0.3 is 4.74 Å². The van der Waals surface area contributed by atoms with E-state index < -0.39 is 5.60 Å². The summed E-state index contributed by atoms with van der Waals surface area (Å²) in [4.78, 5) is 15.0. The first-order valence-corrected chi connectivity index (χ1v) is 9.81. The number of carbonyl (C=O) groups excluding carboxylic acids is 1. The maximum atomic E-state index is 12.8. The van der Waals surface area contributed by atoms with Crippen molar-refractivity contribution in [3.63, 3.8) is 0 Å². The molecule has 1 aliphatic rings. The monoisotopic (exact) mass is 365 g/mol. The van der Waals surface area contributed by atoms with Gasteiger partial charge in [0.05, 0.1) is 6.04 Å². The Bertz CT molecular complexity index is 926. The second-order valence-corrected chi connectivity index (χ2v) is 8.68. The number of benzene rings is 2. The average Bonchev–Trinajstić information content (AvgIpc) is 3.13. The Kier molecular flexibility index (Phi) is 4.33. The smallest absolute Gasteiger partial charge is 0.325 e. The van der Waals surface area contributed by atoms with Gasteiger partial charge in [0.25, 0.3) is 0 Å². The Balaban J connectivity index is 1.64. The molecule has 3 atom stereocenters. The van der Waals surface area contributed by atoms with Crippen molar-refractivity contribution in [2.24, 2.45) is 0 Å². The Labute approximate surface area is 158 Å². The third kappa shape index (κ3) is 3.39. The number of ether oxygens (including phenoxy) is 1. The number of fused-ring (bicyclic) bond motifs is 1. The molecule has 1 aromatic heterocycles. The van der Waals surface area contributed by atoms with Crippen LogP contribution in [0.1, 0.15) is 37.9 Å². The fourth-order valence-corrected chi connectivity index (χ4v) is 4.46. The predicted octanol–water partition coefficient (Wildman–Crippen LogP) is 5.17. The molecule has 1 fully saturated rings. The number of carbonyl (C=O) groups is 1. The molecule has 1 aliphatic heterocycles. The minimum Gasteiger partial charge on any atom is -0.459 e. The van der Waals surface area contributed by atoms with Crippen LogP contribution in [0.15, 0.2) is 60.0 Å². The van der Waals surface area contributed by atoms with E-state index in [0.29, 0.717) is 0 Å².